The first kappa shape index (κ1) is 11.9. The summed E-state index contributed by atoms with van der Waals surface area (Å²) in [5.74, 6) is 0. The largest absolute Gasteiger partial charge is 0.326 e. The summed E-state index contributed by atoms with van der Waals surface area (Å²) in [6.07, 6.45) is 1.88. The van der Waals surface area contributed by atoms with Gasteiger partial charge in [0.25, 0.3) is 0 Å². The molecule has 4 rings (SSSR count). The summed E-state index contributed by atoms with van der Waals surface area (Å²) in [4.78, 5) is 4.42. The molecule has 3 nitrogen and oxygen atoms in total. The molecule has 0 saturated heterocycles. The molecule has 0 unspecified atom stereocenters. The van der Waals surface area contributed by atoms with Crippen LogP contribution in [0.15, 0.2) is 42.7 Å². The number of imidazole rings is 1. The zero-order valence-electron chi connectivity index (χ0n) is 10.9. The number of nitrogens with one attached hydrogen (secondary N) is 1. The highest BCUT2D eigenvalue weighted by atomic mass is 35.5. The number of fused-ring (bicyclic) bond motifs is 2. The highest BCUT2D eigenvalue weighted by Crippen LogP contribution is 2.21. The third-order valence-corrected chi connectivity index (χ3v) is 4.07. The van der Waals surface area contributed by atoms with Crippen molar-refractivity contribution < 1.29 is 0 Å². The second-order valence-electron chi connectivity index (χ2n) is 5.21. The Kier molecular flexibility index (Phi) is 2.76. The maximum absolute atomic E-state index is 6.08. The average molecular weight is 284 g/mol. The Bertz CT molecular complexity index is 792. The van der Waals surface area contributed by atoms with E-state index in [1.54, 1.807) is 0 Å². The van der Waals surface area contributed by atoms with Crippen LogP contribution in [0.25, 0.3) is 11.0 Å². The minimum absolute atomic E-state index is 0.748. The van der Waals surface area contributed by atoms with Gasteiger partial charge in [0.1, 0.15) is 0 Å². The van der Waals surface area contributed by atoms with Gasteiger partial charge in [-0.1, -0.05) is 29.8 Å². The molecule has 1 aromatic heterocycles. The summed E-state index contributed by atoms with van der Waals surface area (Å²) in [5.41, 5.74) is 6.18. The normalized spacial score (nSPS) is 13.8. The summed E-state index contributed by atoms with van der Waals surface area (Å²) in [5, 5.41) is 4.12. The lowest BCUT2D eigenvalue weighted by Crippen LogP contribution is -2.00. The van der Waals surface area contributed by atoms with Gasteiger partial charge in [0.15, 0.2) is 0 Å². The maximum Gasteiger partial charge on any atom is 0.0961 e. The van der Waals surface area contributed by atoms with Gasteiger partial charge in [-0.2, -0.15) is 0 Å². The van der Waals surface area contributed by atoms with E-state index in [-0.39, 0.29) is 0 Å². The van der Waals surface area contributed by atoms with Crippen LogP contribution < -0.4 is 5.32 Å². The van der Waals surface area contributed by atoms with Crippen LogP contribution in [0.5, 0.6) is 0 Å². The minimum atomic E-state index is 0.748. The zero-order valence-corrected chi connectivity index (χ0v) is 11.7. The zero-order chi connectivity index (χ0) is 13.5. The standard InChI is InChI=1S/C16H14ClN3/c17-14-3-4-15-16(6-14)20(10-19-15)9-11-1-2-12-7-18-8-13(12)5-11/h1-6,10,18H,7-9H2. The molecule has 2 heterocycles. The first-order valence-electron chi connectivity index (χ1n) is 6.71. The first-order valence-corrected chi connectivity index (χ1v) is 7.09. The SMILES string of the molecule is Clc1ccc2ncn(Cc3ccc4c(c3)CNC4)c2c1. The van der Waals surface area contributed by atoms with Crippen LogP contribution in [0.3, 0.4) is 0 Å². The van der Waals surface area contributed by atoms with Crippen molar-refractivity contribution in [3.63, 3.8) is 0 Å². The molecule has 1 N–H and O–H groups in total. The Balaban J connectivity index is 1.72. The molecule has 0 saturated carbocycles. The lowest BCUT2D eigenvalue weighted by molar-refractivity contribution is 0.764. The molecule has 1 aliphatic rings. The molecular weight excluding hydrogens is 270 g/mol. The fourth-order valence-electron chi connectivity index (χ4n) is 2.80. The smallest absolute Gasteiger partial charge is 0.0961 e. The van der Waals surface area contributed by atoms with Crippen LogP contribution >= 0.6 is 11.6 Å². The Labute approximate surface area is 122 Å². The second kappa shape index (κ2) is 4.62. The molecule has 3 aromatic rings. The van der Waals surface area contributed by atoms with Crippen molar-refractivity contribution in [2.24, 2.45) is 0 Å². The van der Waals surface area contributed by atoms with Crippen LogP contribution in [0, 0.1) is 0 Å². The van der Waals surface area contributed by atoms with Crippen LogP contribution in [0.1, 0.15) is 16.7 Å². The molecule has 0 fully saturated rings. The number of rotatable bonds is 2. The van der Waals surface area contributed by atoms with E-state index in [9.17, 15) is 0 Å². The van der Waals surface area contributed by atoms with E-state index in [4.69, 9.17) is 11.6 Å². The molecule has 1 aliphatic heterocycles. The first-order chi connectivity index (χ1) is 9.79. The molecule has 2 aromatic carbocycles. The third-order valence-electron chi connectivity index (χ3n) is 3.84. The van der Waals surface area contributed by atoms with E-state index in [1.807, 2.05) is 24.5 Å². The van der Waals surface area contributed by atoms with E-state index in [1.165, 1.54) is 16.7 Å². The van der Waals surface area contributed by atoms with Gasteiger partial charge in [-0.15, -0.1) is 0 Å². The van der Waals surface area contributed by atoms with E-state index in [2.05, 4.69) is 33.1 Å². The van der Waals surface area contributed by atoms with Gasteiger partial charge in [-0.05, 0) is 34.9 Å². The van der Waals surface area contributed by atoms with Crippen LogP contribution in [0.4, 0.5) is 0 Å². The summed E-state index contributed by atoms with van der Waals surface area (Å²) >= 11 is 6.08. The molecular formula is C16H14ClN3. The molecule has 100 valence electrons. The number of halogens is 1. The van der Waals surface area contributed by atoms with Crippen molar-refractivity contribution in [1.29, 1.82) is 0 Å². The summed E-state index contributed by atoms with van der Waals surface area (Å²) in [7, 11) is 0. The fraction of sp³-hybridized carbons (Fsp3) is 0.188. The number of hydrogen-bond donors (Lipinski definition) is 1. The maximum atomic E-state index is 6.08. The molecule has 20 heavy (non-hydrogen) atoms. The van der Waals surface area contributed by atoms with E-state index in [0.717, 1.165) is 35.7 Å². The highest BCUT2D eigenvalue weighted by molar-refractivity contribution is 6.31. The van der Waals surface area contributed by atoms with Gasteiger partial charge >= 0.3 is 0 Å². The number of hydrogen-bond acceptors (Lipinski definition) is 2. The van der Waals surface area contributed by atoms with Gasteiger partial charge in [0.05, 0.1) is 17.4 Å². The highest BCUT2D eigenvalue weighted by Gasteiger charge is 2.11. The van der Waals surface area contributed by atoms with Gasteiger partial charge in [-0.25, -0.2) is 4.98 Å². The summed E-state index contributed by atoms with van der Waals surface area (Å²) < 4.78 is 2.14. The predicted octanol–water partition coefficient (Wildman–Crippen LogP) is 3.34. The van der Waals surface area contributed by atoms with Crippen molar-refractivity contribution in [2.45, 2.75) is 19.6 Å². The van der Waals surface area contributed by atoms with Gasteiger partial charge in [-0.3, -0.25) is 0 Å². The Morgan fingerprint density at radius 3 is 2.95 bits per heavy atom. The molecule has 0 aliphatic carbocycles. The van der Waals surface area contributed by atoms with Crippen LogP contribution in [0.2, 0.25) is 5.02 Å². The lowest BCUT2D eigenvalue weighted by Gasteiger charge is -2.07. The van der Waals surface area contributed by atoms with Crippen molar-refractivity contribution in [3.05, 3.63) is 64.4 Å². The monoisotopic (exact) mass is 283 g/mol. The van der Waals surface area contributed by atoms with Gasteiger partial charge in [0.2, 0.25) is 0 Å². The lowest BCUT2D eigenvalue weighted by atomic mass is 10.1. The van der Waals surface area contributed by atoms with Crippen molar-refractivity contribution in [3.8, 4) is 0 Å². The summed E-state index contributed by atoms with van der Waals surface area (Å²) in [6, 6.07) is 12.5. The van der Waals surface area contributed by atoms with Crippen molar-refractivity contribution >= 4 is 22.6 Å². The molecule has 0 bridgehead atoms. The van der Waals surface area contributed by atoms with Gasteiger partial charge < -0.3 is 9.88 Å². The topological polar surface area (TPSA) is 29.9 Å². The quantitative estimate of drug-likeness (QED) is 0.782. The molecule has 0 amide bonds. The van der Waals surface area contributed by atoms with Crippen molar-refractivity contribution in [1.82, 2.24) is 14.9 Å². The number of nitrogens with zero attached hydrogens (tertiary/aromatic N) is 2. The molecule has 0 atom stereocenters. The van der Waals surface area contributed by atoms with Crippen LogP contribution in [-0.2, 0) is 19.6 Å². The van der Waals surface area contributed by atoms with Crippen molar-refractivity contribution in [2.75, 3.05) is 0 Å². The molecule has 0 radical (unpaired) electrons. The predicted molar refractivity (Wildman–Crippen MR) is 80.8 cm³/mol. The molecule has 4 heteroatoms. The third kappa shape index (κ3) is 1.99. The Morgan fingerprint density at radius 1 is 1.10 bits per heavy atom. The Morgan fingerprint density at radius 2 is 2.00 bits per heavy atom. The number of benzene rings is 2. The molecule has 0 spiro atoms. The second-order valence-corrected chi connectivity index (χ2v) is 5.65. The van der Waals surface area contributed by atoms with Gasteiger partial charge in [0, 0.05) is 24.7 Å². The Hall–Kier alpha value is -1.84. The average Bonchev–Trinajstić information content (AvgIpc) is 3.05. The summed E-state index contributed by atoms with van der Waals surface area (Å²) in [6.45, 7) is 2.78. The van der Waals surface area contributed by atoms with Crippen LogP contribution in [-0.4, -0.2) is 9.55 Å². The van der Waals surface area contributed by atoms with E-state index < -0.39 is 0 Å². The minimum Gasteiger partial charge on any atom is -0.326 e. The van der Waals surface area contributed by atoms with E-state index >= 15 is 0 Å². The fourth-order valence-corrected chi connectivity index (χ4v) is 2.97. The number of aromatic nitrogens is 2. The van der Waals surface area contributed by atoms with E-state index in [0.29, 0.717) is 0 Å².